The molecule has 0 amide bonds. The predicted octanol–water partition coefficient (Wildman–Crippen LogP) is 4.82. The first-order valence-corrected chi connectivity index (χ1v) is 8.76. The van der Waals surface area contributed by atoms with Gasteiger partial charge in [-0.15, -0.1) is 0 Å². The van der Waals surface area contributed by atoms with Gasteiger partial charge in [-0.3, -0.25) is 0 Å². The molecule has 0 radical (unpaired) electrons. The van der Waals surface area contributed by atoms with Crippen LogP contribution in [0.25, 0.3) is 0 Å². The molecule has 0 spiro atoms. The van der Waals surface area contributed by atoms with Crippen molar-refractivity contribution in [3.05, 3.63) is 65.2 Å². The van der Waals surface area contributed by atoms with E-state index in [4.69, 9.17) is 10.00 Å². The van der Waals surface area contributed by atoms with Gasteiger partial charge < -0.3 is 4.74 Å². The van der Waals surface area contributed by atoms with Gasteiger partial charge in [0.1, 0.15) is 5.75 Å². The average molecular weight is 311 g/mol. The second-order valence-corrected chi connectivity index (χ2v) is 6.17. The zero-order valence-electron chi connectivity index (χ0n) is 12.9. The summed E-state index contributed by atoms with van der Waals surface area (Å²) < 4.78 is 5.74. The number of hydrogen-bond acceptors (Lipinski definition) is 3. The number of nitrogens with zero attached hydrogens (tertiary/aromatic N) is 1. The molecule has 2 aromatic rings. The minimum atomic E-state index is 0.719. The fourth-order valence-electron chi connectivity index (χ4n) is 2.04. The molecule has 0 fully saturated rings. The summed E-state index contributed by atoms with van der Waals surface area (Å²) in [6, 6.07) is 18.3. The lowest BCUT2D eigenvalue weighted by Gasteiger charge is -2.07. The maximum atomic E-state index is 8.76. The number of ether oxygens (including phenoxy) is 1. The van der Waals surface area contributed by atoms with E-state index in [9.17, 15) is 0 Å². The van der Waals surface area contributed by atoms with Gasteiger partial charge >= 0.3 is 0 Å². The molecule has 0 atom stereocenters. The third-order valence-electron chi connectivity index (χ3n) is 3.39. The van der Waals surface area contributed by atoms with Gasteiger partial charge in [0.2, 0.25) is 0 Å². The number of benzene rings is 2. The van der Waals surface area contributed by atoms with Crippen molar-refractivity contribution in [3.63, 3.8) is 0 Å². The summed E-state index contributed by atoms with van der Waals surface area (Å²) in [5.74, 6) is 3.01. The zero-order chi connectivity index (χ0) is 15.6. The number of rotatable bonds is 8. The van der Waals surface area contributed by atoms with Gasteiger partial charge in [-0.1, -0.05) is 31.2 Å². The summed E-state index contributed by atoms with van der Waals surface area (Å²) in [4.78, 5) is 0. The van der Waals surface area contributed by atoms with Crippen LogP contribution in [0.3, 0.4) is 0 Å². The van der Waals surface area contributed by atoms with Crippen molar-refractivity contribution in [1.29, 1.82) is 5.26 Å². The van der Waals surface area contributed by atoms with Crippen LogP contribution in [0.5, 0.6) is 5.75 Å². The minimum absolute atomic E-state index is 0.719. The summed E-state index contributed by atoms with van der Waals surface area (Å²) in [5, 5.41) is 8.76. The van der Waals surface area contributed by atoms with E-state index >= 15 is 0 Å². The molecule has 0 aliphatic heterocycles. The smallest absolute Gasteiger partial charge is 0.119 e. The van der Waals surface area contributed by atoms with Gasteiger partial charge in [0.15, 0.2) is 0 Å². The molecular formula is C19H21NOS. The Hall–Kier alpha value is -1.92. The molecule has 0 unspecified atom stereocenters. The normalized spacial score (nSPS) is 10.2. The summed E-state index contributed by atoms with van der Waals surface area (Å²) in [7, 11) is 0. The fourth-order valence-corrected chi connectivity index (χ4v) is 2.93. The molecule has 22 heavy (non-hydrogen) atoms. The first kappa shape index (κ1) is 16.5. The molecule has 0 bridgehead atoms. The standard InChI is InChI=1S/C19H21NOS/c1-2-16-8-10-19(11-9-16)21-12-3-13-22-15-18-6-4-17(14-20)5-7-18/h4-11H,2-3,12-13,15H2,1H3. The molecule has 3 heteroatoms. The first-order chi connectivity index (χ1) is 10.8. The second-order valence-electron chi connectivity index (χ2n) is 5.06. The number of nitriles is 1. The summed E-state index contributed by atoms with van der Waals surface area (Å²) >= 11 is 1.90. The van der Waals surface area contributed by atoms with E-state index in [2.05, 4.69) is 25.1 Å². The SMILES string of the molecule is CCc1ccc(OCCCSCc2ccc(C#N)cc2)cc1. The highest BCUT2D eigenvalue weighted by Gasteiger charge is 1.97. The van der Waals surface area contributed by atoms with Crippen molar-refractivity contribution in [3.8, 4) is 11.8 Å². The molecule has 0 aliphatic carbocycles. The Morgan fingerprint density at radius 3 is 2.32 bits per heavy atom. The van der Waals surface area contributed by atoms with E-state index in [1.165, 1.54) is 11.1 Å². The van der Waals surface area contributed by atoms with Gasteiger partial charge in [-0.25, -0.2) is 0 Å². The highest BCUT2D eigenvalue weighted by atomic mass is 32.2. The van der Waals surface area contributed by atoms with Gasteiger partial charge in [-0.05, 0) is 54.0 Å². The average Bonchev–Trinajstić information content (AvgIpc) is 2.59. The molecule has 2 aromatic carbocycles. The lowest BCUT2D eigenvalue weighted by Crippen LogP contribution is -1.99. The van der Waals surface area contributed by atoms with Gasteiger partial charge in [0.25, 0.3) is 0 Å². The quantitative estimate of drug-likeness (QED) is 0.655. The highest BCUT2D eigenvalue weighted by molar-refractivity contribution is 7.98. The highest BCUT2D eigenvalue weighted by Crippen LogP contribution is 2.15. The van der Waals surface area contributed by atoms with Gasteiger partial charge in [0.05, 0.1) is 18.2 Å². The minimum Gasteiger partial charge on any atom is -0.494 e. The van der Waals surface area contributed by atoms with Crippen LogP contribution >= 0.6 is 11.8 Å². The Kier molecular flexibility index (Phi) is 6.86. The Bertz CT molecular complexity index is 599. The maximum absolute atomic E-state index is 8.76. The van der Waals surface area contributed by atoms with Crippen LogP contribution in [-0.4, -0.2) is 12.4 Å². The molecule has 0 heterocycles. The van der Waals surface area contributed by atoms with Crippen molar-refractivity contribution < 1.29 is 4.74 Å². The van der Waals surface area contributed by atoms with E-state index in [0.717, 1.165) is 42.3 Å². The van der Waals surface area contributed by atoms with Gasteiger partial charge in [-0.2, -0.15) is 17.0 Å². The second kappa shape index (κ2) is 9.17. The molecule has 0 saturated carbocycles. The lowest BCUT2D eigenvalue weighted by atomic mass is 10.2. The van der Waals surface area contributed by atoms with Crippen molar-refractivity contribution >= 4 is 11.8 Å². The van der Waals surface area contributed by atoms with Crippen LogP contribution in [0.4, 0.5) is 0 Å². The summed E-state index contributed by atoms with van der Waals surface area (Å²) in [6.07, 6.45) is 2.10. The first-order valence-electron chi connectivity index (χ1n) is 7.60. The van der Waals surface area contributed by atoms with Crippen molar-refractivity contribution in [1.82, 2.24) is 0 Å². The predicted molar refractivity (Wildman–Crippen MR) is 93.3 cm³/mol. The number of hydrogen-bond donors (Lipinski definition) is 0. The van der Waals surface area contributed by atoms with Crippen LogP contribution in [0.15, 0.2) is 48.5 Å². The molecule has 0 aliphatic rings. The molecular weight excluding hydrogens is 290 g/mol. The van der Waals surface area contributed by atoms with Crippen molar-refractivity contribution in [2.75, 3.05) is 12.4 Å². The Labute approximate surface area is 137 Å². The van der Waals surface area contributed by atoms with Crippen LogP contribution in [0, 0.1) is 11.3 Å². The lowest BCUT2D eigenvalue weighted by molar-refractivity contribution is 0.318. The summed E-state index contributed by atoms with van der Waals surface area (Å²) in [6.45, 7) is 2.91. The number of aryl methyl sites for hydroxylation is 1. The summed E-state index contributed by atoms with van der Waals surface area (Å²) in [5.41, 5.74) is 3.32. The van der Waals surface area contributed by atoms with Crippen LogP contribution in [-0.2, 0) is 12.2 Å². The van der Waals surface area contributed by atoms with Gasteiger partial charge in [0, 0.05) is 5.75 Å². The molecule has 2 rings (SSSR count). The van der Waals surface area contributed by atoms with Crippen LogP contribution < -0.4 is 4.74 Å². The third kappa shape index (κ3) is 5.46. The maximum Gasteiger partial charge on any atom is 0.119 e. The largest absolute Gasteiger partial charge is 0.494 e. The van der Waals surface area contributed by atoms with Crippen molar-refractivity contribution in [2.45, 2.75) is 25.5 Å². The Balaban J connectivity index is 1.59. The molecule has 0 aromatic heterocycles. The van der Waals surface area contributed by atoms with E-state index in [-0.39, 0.29) is 0 Å². The van der Waals surface area contributed by atoms with E-state index in [0.29, 0.717) is 0 Å². The van der Waals surface area contributed by atoms with Crippen LogP contribution in [0.1, 0.15) is 30.0 Å². The topological polar surface area (TPSA) is 33.0 Å². The van der Waals surface area contributed by atoms with Crippen molar-refractivity contribution in [2.24, 2.45) is 0 Å². The van der Waals surface area contributed by atoms with Crippen LogP contribution in [0.2, 0.25) is 0 Å². The Morgan fingerprint density at radius 1 is 1.00 bits per heavy atom. The van der Waals surface area contributed by atoms with E-state index in [1.54, 1.807) is 0 Å². The van der Waals surface area contributed by atoms with E-state index in [1.807, 2.05) is 48.2 Å². The zero-order valence-corrected chi connectivity index (χ0v) is 13.7. The third-order valence-corrected chi connectivity index (χ3v) is 4.50. The number of thioether (sulfide) groups is 1. The molecule has 0 saturated heterocycles. The molecule has 0 N–H and O–H groups in total. The Morgan fingerprint density at radius 2 is 1.68 bits per heavy atom. The van der Waals surface area contributed by atoms with E-state index < -0.39 is 0 Å². The fraction of sp³-hybridized carbons (Fsp3) is 0.316. The monoisotopic (exact) mass is 311 g/mol. The molecule has 2 nitrogen and oxygen atoms in total. The molecule has 114 valence electrons.